The summed E-state index contributed by atoms with van der Waals surface area (Å²) in [4.78, 5) is 28.3. The third-order valence-corrected chi connectivity index (χ3v) is 4.68. The number of aromatic amines is 1. The van der Waals surface area contributed by atoms with Crippen LogP contribution in [-0.4, -0.2) is 23.0 Å². The summed E-state index contributed by atoms with van der Waals surface area (Å²) in [6.45, 7) is 1.90. The van der Waals surface area contributed by atoms with Crippen LogP contribution in [0.1, 0.15) is 24.1 Å². The SMILES string of the molecule is C[C@@H](c1c[nH]c(=O)c2cc(F)c(F)cc12)N(C)C(=O)NCc1ccc(F)cc1. The molecule has 0 unspecified atom stereocenters. The molecular formula is C20H18F3N3O2. The van der Waals surface area contributed by atoms with Gasteiger partial charge < -0.3 is 15.2 Å². The van der Waals surface area contributed by atoms with Crippen molar-refractivity contribution in [2.24, 2.45) is 0 Å². The molecule has 1 atom stereocenters. The van der Waals surface area contributed by atoms with Crippen molar-refractivity contribution in [1.29, 1.82) is 0 Å². The first kappa shape index (κ1) is 19.5. The number of H-pyrrole nitrogens is 1. The molecule has 2 N–H and O–H groups in total. The third kappa shape index (κ3) is 3.85. The van der Waals surface area contributed by atoms with Gasteiger partial charge in [0.05, 0.1) is 11.4 Å². The van der Waals surface area contributed by atoms with Gasteiger partial charge in [-0.25, -0.2) is 18.0 Å². The van der Waals surface area contributed by atoms with E-state index in [1.807, 2.05) is 0 Å². The summed E-state index contributed by atoms with van der Waals surface area (Å²) in [6.07, 6.45) is 1.39. The van der Waals surface area contributed by atoms with Crippen LogP contribution in [0.3, 0.4) is 0 Å². The van der Waals surface area contributed by atoms with Crippen molar-refractivity contribution in [2.75, 3.05) is 7.05 Å². The fourth-order valence-corrected chi connectivity index (χ4v) is 2.91. The van der Waals surface area contributed by atoms with Gasteiger partial charge in [0.1, 0.15) is 5.82 Å². The van der Waals surface area contributed by atoms with Crippen molar-refractivity contribution >= 4 is 16.8 Å². The van der Waals surface area contributed by atoms with Crippen LogP contribution in [0.25, 0.3) is 10.8 Å². The van der Waals surface area contributed by atoms with Crippen LogP contribution >= 0.6 is 0 Å². The van der Waals surface area contributed by atoms with Crippen LogP contribution in [-0.2, 0) is 6.54 Å². The highest BCUT2D eigenvalue weighted by atomic mass is 19.2. The molecule has 0 aliphatic rings. The number of aromatic nitrogens is 1. The first-order chi connectivity index (χ1) is 13.3. The summed E-state index contributed by atoms with van der Waals surface area (Å²) in [6, 6.07) is 6.56. The van der Waals surface area contributed by atoms with Gasteiger partial charge >= 0.3 is 6.03 Å². The van der Waals surface area contributed by atoms with Crippen molar-refractivity contribution in [3.05, 3.63) is 81.5 Å². The van der Waals surface area contributed by atoms with Gasteiger partial charge in [0.2, 0.25) is 0 Å². The average Bonchev–Trinajstić information content (AvgIpc) is 2.68. The number of urea groups is 1. The molecule has 146 valence electrons. The highest BCUT2D eigenvalue weighted by Crippen LogP contribution is 2.26. The number of amides is 2. The Labute approximate surface area is 158 Å². The van der Waals surface area contributed by atoms with Crippen LogP contribution in [0.2, 0.25) is 0 Å². The van der Waals surface area contributed by atoms with Gasteiger partial charge in [-0.05, 0) is 47.7 Å². The summed E-state index contributed by atoms with van der Waals surface area (Å²) >= 11 is 0. The molecule has 1 heterocycles. The van der Waals surface area contributed by atoms with Crippen molar-refractivity contribution < 1.29 is 18.0 Å². The van der Waals surface area contributed by atoms with Gasteiger partial charge in [-0.15, -0.1) is 0 Å². The molecule has 28 heavy (non-hydrogen) atoms. The first-order valence-corrected chi connectivity index (χ1v) is 8.53. The number of fused-ring (bicyclic) bond motifs is 1. The first-order valence-electron chi connectivity index (χ1n) is 8.53. The molecule has 0 bridgehead atoms. The molecule has 0 saturated carbocycles. The van der Waals surface area contributed by atoms with Gasteiger partial charge in [-0.3, -0.25) is 4.79 Å². The number of pyridine rings is 1. The lowest BCUT2D eigenvalue weighted by atomic mass is 10.0. The smallest absolute Gasteiger partial charge is 0.317 e. The summed E-state index contributed by atoms with van der Waals surface area (Å²) in [5.74, 6) is -2.56. The highest BCUT2D eigenvalue weighted by Gasteiger charge is 2.21. The fourth-order valence-electron chi connectivity index (χ4n) is 2.91. The lowest BCUT2D eigenvalue weighted by molar-refractivity contribution is 0.194. The van der Waals surface area contributed by atoms with Gasteiger partial charge in [0.25, 0.3) is 5.56 Å². The Morgan fingerprint density at radius 2 is 1.71 bits per heavy atom. The second-order valence-corrected chi connectivity index (χ2v) is 6.46. The van der Waals surface area contributed by atoms with Gasteiger partial charge in [0.15, 0.2) is 11.6 Å². The minimum absolute atomic E-state index is 0.00312. The topological polar surface area (TPSA) is 65.2 Å². The van der Waals surface area contributed by atoms with Crippen LogP contribution in [0.4, 0.5) is 18.0 Å². The Bertz CT molecular complexity index is 1080. The van der Waals surface area contributed by atoms with Crippen molar-refractivity contribution in [3.8, 4) is 0 Å². The van der Waals surface area contributed by atoms with Crippen LogP contribution in [0, 0.1) is 17.5 Å². The zero-order chi connectivity index (χ0) is 20.4. The van der Waals surface area contributed by atoms with Crippen LogP contribution < -0.4 is 10.9 Å². The molecule has 3 rings (SSSR count). The predicted molar refractivity (Wildman–Crippen MR) is 99.3 cm³/mol. The molecule has 0 aliphatic heterocycles. The normalized spacial score (nSPS) is 12.0. The Hall–Kier alpha value is -3.29. The molecule has 2 amide bonds. The van der Waals surface area contributed by atoms with E-state index in [0.717, 1.165) is 17.7 Å². The minimum atomic E-state index is -1.12. The summed E-state index contributed by atoms with van der Waals surface area (Å²) < 4.78 is 40.2. The Kier molecular flexibility index (Phi) is 5.39. The van der Waals surface area contributed by atoms with Gasteiger partial charge in [-0.1, -0.05) is 12.1 Å². The number of benzene rings is 2. The van der Waals surface area contributed by atoms with Gasteiger partial charge in [-0.2, -0.15) is 0 Å². The Morgan fingerprint density at radius 3 is 2.36 bits per heavy atom. The second kappa shape index (κ2) is 7.75. The molecule has 0 saturated heterocycles. The van der Waals surface area contributed by atoms with E-state index in [1.54, 1.807) is 26.1 Å². The number of rotatable bonds is 4. The lowest BCUT2D eigenvalue weighted by Gasteiger charge is -2.26. The zero-order valence-electron chi connectivity index (χ0n) is 15.2. The molecule has 0 spiro atoms. The van der Waals surface area contributed by atoms with E-state index < -0.39 is 29.3 Å². The maximum atomic E-state index is 13.7. The van der Waals surface area contributed by atoms with E-state index >= 15 is 0 Å². The Morgan fingerprint density at radius 1 is 1.11 bits per heavy atom. The summed E-state index contributed by atoms with van der Waals surface area (Å²) in [5, 5.41) is 2.94. The lowest BCUT2D eigenvalue weighted by Crippen LogP contribution is -2.38. The minimum Gasteiger partial charge on any atom is -0.334 e. The van der Waals surface area contributed by atoms with E-state index in [4.69, 9.17) is 0 Å². The predicted octanol–water partition coefficient (Wildman–Crippen LogP) is 3.85. The van der Waals surface area contributed by atoms with E-state index in [0.29, 0.717) is 5.56 Å². The molecule has 1 aromatic heterocycles. The van der Waals surface area contributed by atoms with E-state index in [2.05, 4.69) is 10.3 Å². The van der Waals surface area contributed by atoms with Crippen molar-refractivity contribution in [3.63, 3.8) is 0 Å². The molecule has 5 nitrogen and oxygen atoms in total. The fraction of sp³-hybridized carbons (Fsp3) is 0.200. The largest absolute Gasteiger partial charge is 0.334 e. The molecule has 0 fully saturated rings. The second-order valence-electron chi connectivity index (χ2n) is 6.46. The number of halogens is 3. The van der Waals surface area contributed by atoms with E-state index in [-0.39, 0.29) is 23.1 Å². The molecule has 3 aromatic rings. The van der Waals surface area contributed by atoms with E-state index in [9.17, 15) is 22.8 Å². The zero-order valence-corrected chi connectivity index (χ0v) is 15.2. The molecule has 8 heteroatoms. The Balaban J connectivity index is 1.82. The van der Waals surface area contributed by atoms with Crippen molar-refractivity contribution in [1.82, 2.24) is 15.2 Å². The summed E-state index contributed by atoms with van der Waals surface area (Å²) in [7, 11) is 1.54. The quantitative estimate of drug-likeness (QED) is 0.712. The number of carbonyl (C=O) groups excluding carboxylic acids is 1. The number of nitrogens with one attached hydrogen (secondary N) is 2. The maximum absolute atomic E-state index is 13.7. The maximum Gasteiger partial charge on any atom is 0.317 e. The third-order valence-electron chi connectivity index (χ3n) is 4.68. The highest BCUT2D eigenvalue weighted by molar-refractivity contribution is 5.86. The molecular weight excluding hydrogens is 371 g/mol. The van der Waals surface area contributed by atoms with Crippen LogP contribution in [0.15, 0.2) is 47.4 Å². The molecule has 0 aliphatic carbocycles. The summed E-state index contributed by atoms with van der Waals surface area (Å²) in [5.41, 5.74) is 0.643. The van der Waals surface area contributed by atoms with E-state index in [1.165, 1.54) is 23.2 Å². The molecule has 2 aromatic carbocycles. The average molecular weight is 389 g/mol. The number of nitrogens with zero attached hydrogens (tertiary/aromatic N) is 1. The van der Waals surface area contributed by atoms with Crippen LogP contribution in [0.5, 0.6) is 0 Å². The van der Waals surface area contributed by atoms with Gasteiger partial charge in [0, 0.05) is 19.8 Å². The standard InChI is InChI=1S/C20H18F3N3O2/c1-11(26(2)20(28)25-9-12-3-5-13(21)6-4-12)16-10-24-19(27)15-8-18(23)17(22)7-14(15)16/h3-8,10-11H,9H2,1-2H3,(H,24,27)(H,25,28)/t11-/m0/s1. The number of carbonyl (C=O) groups is 1. The molecule has 0 radical (unpaired) electrons. The monoisotopic (exact) mass is 389 g/mol. The van der Waals surface area contributed by atoms with Crippen molar-refractivity contribution in [2.45, 2.75) is 19.5 Å². The number of hydrogen-bond donors (Lipinski definition) is 2. The number of hydrogen-bond acceptors (Lipinski definition) is 2.